The van der Waals surface area contributed by atoms with Gasteiger partial charge in [0.05, 0.1) is 18.4 Å². The maximum absolute atomic E-state index is 12.6. The summed E-state index contributed by atoms with van der Waals surface area (Å²) in [7, 11) is 1.55. The minimum Gasteiger partial charge on any atom is -0.495 e. The van der Waals surface area contributed by atoms with Crippen LogP contribution in [-0.2, 0) is 4.74 Å². The molecule has 9 heteroatoms. The molecule has 1 aliphatic heterocycles. The predicted molar refractivity (Wildman–Crippen MR) is 140 cm³/mol. The van der Waals surface area contributed by atoms with Gasteiger partial charge in [-0.1, -0.05) is 18.7 Å². The Morgan fingerprint density at radius 2 is 1.95 bits per heavy atom. The molecule has 0 bridgehead atoms. The maximum Gasteiger partial charge on any atom is 0.251 e. The topological polar surface area (TPSA) is 118 Å². The Balaban J connectivity index is 1.43. The van der Waals surface area contributed by atoms with E-state index in [9.17, 15) is 10.1 Å². The van der Waals surface area contributed by atoms with Crippen molar-refractivity contribution < 1.29 is 19.0 Å². The molecule has 3 aromatic rings. The molecule has 0 unspecified atom stereocenters. The number of anilines is 2. The lowest BCUT2D eigenvalue weighted by molar-refractivity contribution is 0.0642. The second-order valence-corrected chi connectivity index (χ2v) is 8.52. The zero-order chi connectivity index (χ0) is 26.0. The number of hydrogen-bond donors (Lipinski definition) is 2. The van der Waals surface area contributed by atoms with Gasteiger partial charge in [-0.2, -0.15) is 5.26 Å². The van der Waals surface area contributed by atoms with Crippen LogP contribution in [0.5, 0.6) is 11.5 Å². The Bertz CT molecular complexity index is 1280. The molecule has 1 saturated heterocycles. The van der Waals surface area contributed by atoms with Crippen molar-refractivity contribution in [2.45, 2.75) is 12.8 Å². The summed E-state index contributed by atoms with van der Waals surface area (Å²) in [5.74, 6) is 1.65. The van der Waals surface area contributed by atoms with Gasteiger partial charge in [-0.15, -0.1) is 0 Å². The predicted octanol–water partition coefficient (Wildman–Crippen LogP) is 4.49. The molecular weight excluding hydrogens is 470 g/mol. The van der Waals surface area contributed by atoms with Gasteiger partial charge in [-0.25, -0.2) is 9.97 Å². The van der Waals surface area contributed by atoms with Crippen LogP contribution in [0.4, 0.5) is 11.6 Å². The SMILES string of the molecule is C=CCOc1cc(-c2cnc(Nc3ccc(C(=O)NCC4CCOCC4)cc3OC)nc2)ccc1C#N. The number of rotatable bonds is 10. The Morgan fingerprint density at radius 1 is 1.16 bits per heavy atom. The number of ether oxygens (including phenoxy) is 3. The lowest BCUT2D eigenvalue weighted by Crippen LogP contribution is -2.32. The first-order chi connectivity index (χ1) is 18.1. The van der Waals surface area contributed by atoms with Crippen LogP contribution < -0.4 is 20.1 Å². The Morgan fingerprint density at radius 3 is 2.65 bits per heavy atom. The zero-order valence-electron chi connectivity index (χ0n) is 20.7. The number of aromatic nitrogens is 2. The molecular formula is C28H29N5O4. The van der Waals surface area contributed by atoms with Crippen LogP contribution >= 0.6 is 0 Å². The number of nitrogens with zero attached hydrogens (tertiary/aromatic N) is 3. The Labute approximate surface area is 216 Å². The van der Waals surface area contributed by atoms with Gasteiger partial charge in [0.25, 0.3) is 5.91 Å². The van der Waals surface area contributed by atoms with Crippen LogP contribution in [0.2, 0.25) is 0 Å². The quantitative estimate of drug-likeness (QED) is 0.392. The highest BCUT2D eigenvalue weighted by atomic mass is 16.5. The highest BCUT2D eigenvalue weighted by Crippen LogP contribution is 2.30. The zero-order valence-corrected chi connectivity index (χ0v) is 20.7. The normalized spacial score (nSPS) is 13.3. The molecule has 0 atom stereocenters. The molecule has 1 amide bonds. The van der Waals surface area contributed by atoms with Gasteiger partial charge in [0.1, 0.15) is 24.2 Å². The second-order valence-electron chi connectivity index (χ2n) is 8.52. The van der Waals surface area contributed by atoms with Crippen molar-refractivity contribution in [1.29, 1.82) is 5.26 Å². The number of benzene rings is 2. The van der Waals surface area contributed by atoms with E-state index < -0.39 is 0 Å². The smallest absolute Gasteiger partial charge is 0.251 e. The number of carbonyl (C=O) groups excluding carboxylic acids is 1. The summed E-state index contributed by atoms with van der Waals surface area (Å²) in [6.07, 6.45) is 6.90. The summed E-state index contributed by atoms with van der Waals surface area (Å²) in [6, 6.07) is 12.6. The first kappa shape index (κ1) is 25.7. The van der Waals surface area contributed by atoms with Crippen molar-refractivity contribution in [3.63, 3.8) is 0 Å². The van der Waals surface area contributed by atoms with E-state index in [2.05, 4.69) is 33.2 Å². The molecule has 1 fully saturated rings. The van der Waals surface area contributed by atoms with Gasteiger partial charge in [0.15, 0.2) is 0 Å². The molecule has 0 aliphatic carbocycles. The third-order valence-electron chi connectivity index (χ3n) is 6.05. The molecule has 1 aliphatic rings. The standard InChI is InChI=1S/C28H29N5O4/c1-3-10-37-25-13-20(4-5-22(25)15-29)23-17-31-28(32-18-23)33-24-7-6-21(14-26(24)35-2)27(34)30-16-19-8-11-36-12-9-19/h3-7,13-14,17-19H,1,8-12,16H2,2H3,(H,30,34)(H,31,32,33). The van der Waals surface area contributed by atoms with E-state index in [0.717, 1.165) is 37.2 Å². The molecule has 0 radical (unpaired) electrons. The first-order valence-electron chi connectivity index (χ1n) is 12.0. The third-order valence-corrected chi connectivity index (χ3v) is 6.05. The van der Waals surface area contributed by atoms with E-state index in [0.29, 0.717) is 53.3 Å². The van der Waals surface area contributed by atoms with Crippen LogP contribution in [0, 0.1) is 17.2 Å². The summed E-state index contributed by atoms with van der Waals surface area (Å²) < 4.78 is 16.5. The van der Waals surface area contributed by atoms with E-state index in [1.165, 1.54) is 0 Å². The van der Waals surface area contributed by atoms with Gasteiger partial charge < -0.3 is 24.8 Å². The summed E-state index contributed by atoms with van der Waals surface area (Å²) in [5.41, 5.74) is 3.17. The molecule has 0 spiro atoms. The monoisotopic (exact) mass is 499 g/mol. The molecule has 2 aromatic carbocycles. The minimum absolute atomic E-state index is 0.143. The second kappa shape index (κ2) is 12.5. The fraction of sp³-hybridized carbons (Fsp3) is 0.286. The molecule has 2 heterocycles. The maximum atomic E-state index is 12.6. The van der Waals surface area contributed by atoms with Crippen molar-refractivity contribution in [2.75, 3.05) is 38.8 Å². The van der Waals surface area contributed by atoms with Gasteiger partial charge >= 0.3 is 0 Å². The van der Waals surface area contributed by atoms with Gasteiger partial charge in [-0.05, 0) is 54.7 Å². The lowest BCUT2D eigenvalue weighted by atomic mass is 10.0. The number of nitriles is 1. The van der Waals surface area contributed by atoms with E-state index in [1.807, 2.05) is 6.07 Å². The molecule has 9 nitrogen and oxygen atoms in total. The number of carbonyl (C=O) groups is 1. The van der Waals surface area contributed by atoms with E-state index in [1.54, 1.807) is 55.9 Å². The van der Waals surface area contributed by atoms with Crippen molar-refractivity contribution in [1.82, 2.24) is 15.3 Å². The molecule has 190 valence electrons. The van der Waals surface area contributed by atoms with Crippen molar-refractivity contribution in [2.24, 2.45) is 5.92 Å². The van der Waals surface area contributed by atoms with Gasteiger partial charge in [-0.3, -0.25) is 4.79 Å². The van der Waals surface area contributed by atoms with Crippen LogP contribution in [0.25, 0.3) is 11.1 Å². The Hall–Kier alpha value is -4.42. The first-order valence-corrected chi connectivity index (χ1v) is 12.0. The summed E-state index contributed by atoms with van der Waals surface area (Å²) in [5, 5.41) is 15.4. The highest BCUT2D eigenvalue weighted by Gasteiger charge is 2.16. The fourth-order valence-corrected chi connectivity index (χ4v) is 3.95. The number of nitrogens with one attached hydrogen (secondary N) is 2. The largest absolute Gasteiger partial charge is 0.495 e. The van der Waals surface area contributed by atoms with E-state index >= 15 is 0 Å². The average molecular weight is 500 g/mol. The molecule has 4 rings (SSSR count). The molecule has 0 saturated carbocycles. The van der Waals surface area contributed by atoms with Crippen molar-refractivity contribution in [3.8, 4) is 28.7 Å². The number of amides is 1. The van der Waals surface area contributed by atoms with E-state index in [-0.39, 0.29) is 5.91 Å². The minimum atomic E-state index is -0.143. The molecule has 1 aromatic heterocycles. The fourth-order valence-electron chi connectivity index (χ4n) is 3.95. The average Bonchev–Trinajstić information content (AvgIpc) is 2.95. The van der Waals surface area contributed by atoms with Crippen molar-refractivity contribution in [3.05, 3.63) is 72.6 Å². The number of hydrogen-bond acceptors (Lipinski definition) is 8. The third kappa shape index (κ3) is 6.63. The van der Waals surface area contributed by atoms with Crippen LogP contribution in [0.1, 0.15) is 28.8 Å². The summed E-state index contributed by atoms with van der Waals surface area (Å²) in [4.78, 5) is 21.5. The van der Waals surface area contributed by atoms with Gasteiger partial charge in [0.2, 0.25) is 5.95 Å². The highest BCUT2D eigenvalue weighted by molar-refractivity contribution is 5.95. The Kier molecular flexibility index (Phi) is 8.68. The molecule has 2 N–H and O–H groups in total. The van der Waals surface area contributed by atoms with Crippen molar-refractivity contribution >= 4 is 17.5 Å². The van der Waals surface area contributed by atoms with E-state index in [4.69, 9.17) is 14.2 Å². The summed E-state index contributed by atoms with van der Waals surface area (Å²) in [6.45, 7) is 6.06. The number of methoxy groups -OCH3 is 1. The summed E-state index contributed by atoms with van der Waals surface area (Å²) >= 11 is 0. The molecule has 37 heavy (non-hydrogen) atoms. The van der Waals surface area contributed by atoms with Crippen LogP contribution in [-0.4, -0.2) is 49.4 Å². The van der Waals surface area contributed by atoms with Crippen LogP contribution in [0.15, 0.2) is 61.4 Å². The van der Waals surface area contributed by atoms with Crippen LogP contribution in [0.3, 0.4) is 0 Å². The lowest BCUT2D eigenvalue weighted by Gasteiger charge is -2.22. The van der Waals surface area contributed by atoms with Gasteiger partial charge in [0, 0.05) is 43.3 Å².